The molecule has 0 aliphatic carbocycles. The molecule has 104 valence electrons. The molecule has 0 bridgehead atoms. The van der Waals surface area contributed by atoms with Crippen molar-refractivity contribution in [3.8, 4) is 0 Å². The molecule has 0 amide bonds. The fourth-order valence-corrected chi connectivity index (χ4v) is 3.96. The summed E-state index contributed by atoms with van der Waals surface area (Å²) in [6.07, 6.45) is 3.48. The minimum absolute atomic E-state index is 0.131. The van der Waals surface area contributed by atoms with Crippen molar-refractivity contribution in [3.05, 3.63) is 29.6 Å². The Labute approximate surface area is 118 Å². The second-order valence-electron chi connectivity index (χ2n) is 5.36. The molecule has 1 aromatic carbocycles. The van der Waals surface area contributed by atoms with Gasteiger partial charge in [0.1, 0.15) is 5.82 Å². The molecule has 0 aromatic heterocycles. The molecule has 0 radical (unpaired) electrons. The minimum Gasteiger partial charge on any atom is -0.381 e. The van der Waals surface area contributed by atoms with Crippen molar-refractivity contribution in [2.75, 3.05) is 25.5 Å². The molecule has 19 heavy (non-hydrogen) atoms. The topological polar surface area (TPSA) is 21.3 Å². The molecule has 2 nitrogen and oxygen atoms in total. The first-order chi connectivity index (χ1) is 9.33. The summed E-state index contributed by atoms with van der Waals surface area (Å²) in [5.41, 5.74) is 1.13. The van der Waals surface area contributed by atoms with Gasteiger partial charge in [-0.2, -0.15) is 0 Å². The van der Waals surface area contributed by atoms with Crippen LogP contribution in [-0.4, -0.2) is 25.5 Å². The van der Waals surface area contributed by atoms with Gasteiger partial charge in [0.05, 0.1) is 6.61 Å². The van der Waals surface area contributed by atoms with Crippen LogP contribution in [0.25, 0.3) is 0 Å². The monoisotopic (exact) mass is 281 g/mol. The van der Waals surface area contributed by atoms with Crippen LogP contribution in [0.5, 0.6) is 0 Å². The van der Waals surface area contributed by atoms with Crippen molar-refractivity contribution < 1.29 is 9.13 Å². The Morgan fingerprint density at radius 1 is 1.37 bits per heavy atom. The summed E-state index contributed by atoms with van der Waals surface area (Å²) in [5, 5.41) is 3.61. The average Bonchev–Trinajstić information content (AvgIpc) is 2.46. The Balaban J connectivity index is 1.64. The first kappa shape index (κ1) is 13.4. The third-order valence-electron chi connectivity index (χ3n) is 3.92. The zero-order valence-electron chi connectivity index (χ0n) is 11.0. The number of ether oxygens (including phenoxy) is 1. The fourth-order valence-electron chi connectivity index (χ4n) is 2.85. The molecule has 2 unspecified atom stereocenters. The van der Waals surface area contributed by atoms with Gasteiger partial charge in [-0.1, -0.05) is 0 Å². The molecule has 2 aliphatic rings. The molecular formula is C15H20FNOS. The van der Waals surface area contributed by atoms with Gasteiger partial charge in [0.15, 0.2) is 0 Å². The summed E-state index contributed by atoms with van der Waals surface area (Å²) in [4.78, 5) is 1.23. The standard InChI is InChI=1S/C15H20FNOS/c16-12-3-4-15-13(8-12)14(5-7-19-15)17-9-11-2-1-6-18-10-11/h3-4,8,11,14,17H,1-2,5-7,9-10H2. The Kier molecular flexibility index (Phi) is 4.41. The van der Waals surface area contributed by atoms with E-state index in [4.69, 9.17) is 4.74 Å². The van der Waals surface area contributed by atoms with Gasteiger partial charge in [-0.25, -0.2) is 4.39 Å². The van der Waals surface area contributed by atoms with Crippen LogP contribution in [0, 0.1) is 11.7 Å². The van der Waals surface area contributed by atoms with Crippen LogP contribution in [-0.2, 0) is 4.74 Å². The summed E-state index contributed by atoms with van der Waals surface area (Å²) >= 11 is 1.83. The number of thioether (sulfide) groups is 1. The van der Waals surface area contributed by atoms with E-state index in [0.717, 1.165) is 43.9 Å². The molecule has 1 saturated heterocycles. The minimum atomic E-state index is -0.131. The van der Waals surface area contributed by atoms with E-state index in [2.05, 4.69) is 5.32 Å². The van der Waals surface area contributed by atoms with Crippen molar-refractivity contribution in [2.45, 2.75) is 30.2 Å². The van der Waals surface area contributed by atoms with Gasteiger partial charge in [-0.15, -0.1) is 11.8 Å². The summed E-state index contributed by atoms with van der Waals surface area (Å²) in [7, 11) is 0. The highest BCUT2D eigenvalue weighted by Crippen LogP contribution is 2.36. The number of hydrogen-bond acceptors (Lipinski definition) is 3. The lowest BCUT2D eigenvalue weighted by atomic mass is 9.99. The molecular weight excluding hydrogens is 261 g/mol. The number of fused-ring (bicyclic) bond motifs is 1. The number of halogens is 1. The SMILES string of the molecule is Fc1ccc2c(c1)C(NCC1CCCOC1)CCS2. The van der Waals surface area contributed by atoms with E-state index >= 15 is 0 Å². The lowest BCUT2D eigenvalue weighted by molar-refractivity contribution is 0.0537. The Morgan fingerprint density at radius 2 is 2.32 bits per heavy atom. The van der Waals surface area contributed by atoms with E-state index in [1.165, 1.54) is 11.3 Å². The zero-order chi connectivity index (χ0) is 13.1. The zero-order valence-corrected chi connectivity index (χ0v) is 11.8. The summed E-state index contributed by atoms with van der Waals surface area (Å²) in [5.74, 6) is 1.59. The van der Waals surface area contributed by atoms with Gasteiger partial charge in [-0.05, 0) is 54.7 Å². The maximum Gasteiger partial charge on any atom is 0.123 e. The number of nitrogens with one attached hydrogen (secondary N) is 1. The largest absolute Gasteiger partial charge is 0.381 e. The highest BCUT2D eigenvalue weighted by atomic mass is 32.2. The molecule has 1 aromatic rings. The first-order valence-corrected chi connectivity index (χ1v) is 8.05. The lowest BCUT2D eigenvalue weighted by Crippen LogP contribution is -2.33. The predicted molar refractivity (Wildman–Crippen MR) is 76.0 cm³/mol. The van der Waals surface area contributed by atoms with Crippen molar-refractivity contribution in [1.82, 2.24) is 5.32 Å². The van der Waals surface area contributed by atoms with Crippen LogP contribution in [0.2, 0.25) is 0 Å². The Hall–Kier alpha value is -0.580. The highest BCUT2D eigenvalue weighted by molar-refractivity contribution is 7.99. The second-order valence-corrected chi connectivity index (χ2v) is 6.50. The maximum absolute atomic E-state index is 13.4. The van der Waals surface area contributed by atoms with E-state index in [1.54, 1.807) is 12.1 Å². The van der Waals surface area contributed by atoms with Crippen LogP contribution in [0.3, 0.4) is 0 Å². The van der Waals surface area contributed by atoms with Gasteiger partial charge in [-0.3, -0.25) is 0 Å². The average molecular weight is 281 g/mol. The summed E-state index contributed by atoms with van der Waals surface area (Å²) in [6, 6.07) is 5.46. The molecule has 2 atom stereocenters. The van der Waals surface area contributed by atoms with Crippen molar-refractivity contribution in [3.63, 3.8) is 0 Å². The Morgan fingerprint density at radius 3 is 3.16 bits per heavy atom. The first-order valence-electron chi connectivity index (χ1n) is 7.06. The van der Waals surface area contributed by atoms with E-state index in [-0.39, 0.29) is 5.82 Å². The lowest BCUT2D eigenvalue weighted by Gasteiger charge is -2.29. The molecule has 4 heteroatoms. The van der Waals surface area contributed by atoms with E-state index in [1.807, 2.05) is 17.8 Å². The molecule has 2 heterocycles. The smallest absolute Gasteiger partial charge is 0.123 e. The van der Waals surface area contributed by atoms with Gasteiger partial charge >= 0.3 is 0 Å². The van der Waals surface area contributed by atoms with E-state index < -0.39 is 0 Å². The van der Waals surface area contributed by atoms with Gasteiger partial charge in [0.2, 0.25) is 0 Å². The normalized spacial score (nSPS) is 27.0. The third-order valence-corrected chi connectivity index (χ3v) is 5.04. The number of rotatable bonds is 3. The molecule has 1 fully saturated rings. The van der Waals surface area contributed by atoms with E-state index in [9.17, 15) is 4.39 Å². The number of benzene rings is 1. The third kappa shape index (κ3) is 3.30. The Bertz CT molecular complexity index is 434. The predicted octanol–water partition coefficient (Wildman–Crippen LogP) is 3.38. The van der Waals surface area contributed by atoms with Gasteiger partial charge in [0, 0.05) is 24.1 Å². The van der Waals surface area contributed by atoms with Crippen LogP contribution < -0.4 is 5.32 Å². The van der Waals surface area contributed by atoms with Crippen LogP contribution in [0.1, 0.15) is 30.9 Å². The summed E-state index contributed by atoms with van der Waals surface area (Å²) < 4.78 is 18.9. The summed E-state index contributed by atoms with van der Waals surface area (Å²) in [6.45, 7) is 2.75. The van der Waals surface area contributed by atoms with Gasteiger partial charge in [0.25, 0.3) is 0 Å². The van der Waals surface area contributed by atoms with Crippen molar-refractivity contribution >= 4 is 11.8 Å². The molecule has 2 aliphatic heterocycles. The molecule has 0 saturated carbocycles. The molecule has 1 N–H and O–H groups in total. The molecule has 0 spiro atoms. The van der Waals surface area contributed by atoms with Crippen molar-refractivity contribution in [1.29, 1.82) is 0 Å². The quantitative estimate of drug-likeness (QED) is 0.917. The van der Waals surface area contributed by atoms with Crippen molar-refractivity contribution in [2.24, 2.45) is 5.92 Å². The van der Waals surface area contributed by atoms with Crippen LogP contribution in [0.15, 0.2) is 23.1 Å². The van der Waals surface area contributed by atoms with Crippen LogP contribution in [0.4, 0.5) is 4.39 Å². The van der Waals surface area contributed by atoms with Gasteiger partial charge < -0.3 is 10.1 Å². The van der Waals surface area contributed by atoms with E-state index in [0.29, 0.717) is 12.0 Å². The number of hydrogen-bond donors (Lipinski definition) is 1. The van der Waals surface area contributed by atoms with Crippen LogP contribution >= 0.6 is 11.8 Å². The highest BCUT2D eigenvalue weighted by Gasteiger charge is 2.22. The fraction of sp³-hybridized carbons (Fsp3) is 0.600. The second kappa shape index (κ2) is 6.25. The molecule has 3 rings (SSSR count). The maximum atomic E-state index is 13.4.